The van der Waals surface area contributed by atoms with Crippen molar-refractivity contribution in [2.24, 2.45) is 5.92 Å². The summed E-state index contributed by atoms with van der Waals surface area (Å²) in [7, 11) is 1.60. The van der Waals surface area contributed by atoms with Crippen molar-refractivity contribution in [1.29, 1.82) is 0 Å². The second-order valence-corrected chi connectivity index (χ2v) is 7.16. The maximum atomic E-state index is 12.2. The van der Waals surface area contributed by atoms with Crippen LogP contribution in [-0.2, 0) is 4.79 Å². The lowest BCUT2D eigenvalue weighted by molar-refractivity contribution is -0.111. The molecule has 0 fully saturated rings. The van der Waals surface area contributed by atoms with Gasteiger partial charge in [0, 0.05) is 16.8 Å². The third kappa shape index (κ3) is 6.65. The number of benzene rings is 2. The summed E-state index contributed by atoms with van der Waals surface area (Å²) >= 11 is 5.98. The number of carbonyl (C=O) groups excluding carboxylic acids is 1. The van der Waals surface area contributed by atoms with Gasteiger partial charge in [-0.3, -0.25) is 4.79 Å². The highest BCUT2D eigenvalue weighted by Crippen LogP contribution is 2.29. The SMILES string of the molecule is COc1cc(C=CC(=O)Nc2cc(Cl)ccc2C)ccc1OCCC(C)C. The molecule has 4 nitrogen and oxygen atoms in total. The number of hydrogen-bond donors (Lipinski definition) is 1. The van der Waals surface area contributed by atoms with Crippen LogP contribution in [0.3, 0.4) is 0 Å². The predicted molar refractivity (Wildman–Crippen MR) is 112 cm³/mol. The van der Waals surface area contributed by atoms with Gasteiger partial charge in [-0.15, -0.1) is 0 Å². The van der Waals surface area contributed by atoms with E-state index in [1.165, 1.54) is 6.08 Å². The molecule has 144 valence electrons. The number of nitrogens with one attached hydrogen (secondary N) is 1. The number of carbonyl (C=O) groups is 1. The van der Waals surface area contributed by atoms with Gasteiger partial charge in [0.2, 0.25) is 5.91 Å². The Morgan fingerprint density at radius 2 is 1.96 bits per heavy atom. The average molecular weight is 388 g/mol. The molecule has 0 atom stereocenters. The first-order valence-electron chi connectivity index (χ1n) is 8.95. The van der Waals surface area contributed by atoms with Crippen molar-refractivity contribution >= 4 is 29.3 Å². The molecular formula is C22H26ClNO3. The number of anilines is 1. The number of rotatable bonds is 8. The number of amides is 1. The van der Waals surface area contributed by atoms with Gasteiger partial charge in [-0.1, -0.05) is 37.6 Å². The van der Waals surface area contributed by atoms with E-state index in [-0.39, 0.29) is 5.91 Å². The highest BCUT2D eigenvalue weighted by molar-refractivity contribution is 6.31. The number of ether oxygens (including phenoxy) is 2. The normalized spacial score (nSPS) is 11.0. The summed E-state index contributed by atoms with van der Waals surface area (Å²) < 4.78 is 11.2. The van der Waals surface area contributed by atoms with E-state index in [0.717, 1.165) is 17.5 Å². The van der Waals surface area contributed by atoms with Crippen LogP contribution in [-0.4, -0.2) is 19.6 Å². The van der Waals surface area contributed by atoms with E-state index in [4.69, 9.17) is 21.1 Å². The van der Waals surface area contributed by atoms with E-state index < -0.39 is 0 Å². The molecule has 0 aromatic heterocycles. The predicted octanol–water partition coefficient (Wildman–Crippen LogP) is 5.73. The van der Waals surface area contributed by atoms with Crippen molar-refractivity contribution in [2.75, 3.05) is 19.0 Å². The molecule has 0 spiro atoms. The van der Waals surface area contributed by atoms with Gasteiger partial charge in [0.1, 0.15) is 0 Å². The maximum absolute atomic E-state index is 12.2. The first-order valence-corrected chi connectivity index (χ1v) is 9.33. The Hall–Kier alpha value is -2.46. The molecule has 0 aliphatic carbocycles. The van der Waals surface area contributed by atoms with Gasteiger partial charge in [-0.25, -0.2) is 0 Å². The molecule has 5 heteroatoms. The number of halogens is 1. The van der Waals surface area contributed by atoms with Crippen LogP contribution < -0.4 is 14.8 Å². The van der Waals surface area contributed by atoms with Gasteiger partial charge in [-0.05, 0) is 60.7 Å². The van der Waals surface area contributed by atoms with E-state index in [9.17, 15) is 4.79 Å². The summed E-state index contributed by atoms with van der Waals surface area (Å²) in [6.07, 6.45) is 4.19. The van der Waals surface area contributed by atoms with Crippen LogP contribution in [0.2, 0.25) is 5.02 Å². The number of aryl methyl sites for hydroxylation is 1. The van der Waals surface area contributed by atoms with Crippen molar-refractivity contribution in [1.82, 2.24) is 0 Å². The summed E-state index contributed by atoms with van der Waals surface area (Å²) in [6.45, 7) is 6.87. The molecule has 2 aromatic rings. The van der Waals surface area contributed by atoms with Gasteiger partial charge >= 0.3 is 0 Å². The van der Waals surface area contributed by atoms with Gasteiger partial charge < -0.3 is 14.8 Å². The van der Waals surface area contributed by atoms with E-state index >= 15 is 0 Å². The van der Waals surface area contributed by atoms with Gasteiger partial charge in [0.15, 0.2) is 11.5 Å². The molecule has 2 aromatic carbocycles. The van der Waals surface area contributed by atoms with E-state index in [0.29, 0.717) is 34.7 Å². The van der Waals surface area contributed by atoms with E-state index in [1.807, 2.05) is 31.2 Å². The monoisotopic (exact) mass is 387 g/mol. The molecule has 0 saturated carbocycles. The number of methoxy groups -OCH3 is 1. The molecule has 1 N–H and O–H groups in total. The van der Waals surface area contributed by atoms with Crippen molar-refractivity contribution < 1.29 is 14.3 Å². The minimum absolute atomic E-state index is 0.225. The summed E-state index contributed by atoms with van der Waals surface area (Å²) in [4.78, 5) is 12.2. The lowest BCUT2D eigenvalue weighted by Crippen LogP contribution is -2.08. The minimum atomic E-state index is -0.225. The first kappa shape index (κ1) is 20.8. The van der Waals surface area contributed by atoms with Crippen LogP contribution in [0.25, 0.3) is 6.08 Å². The highest BCUT2D eigenvalue weighted by Gasteiger charge is 2.06. The van der Waals surface area contributed by atoms with Crippen molar-refractivity contribution in [3.63, 3.8) is 0 Å². The smallest absolute Gasteiger partial charge is 0.248 e. The lowest BCUT2D eigenvalue weighted by atomic mass is 10.1. The second kappa shape index (κ2) is 10.0. The molecular weight excluding hydrogens is 362 g/mol. The highest BCUT2D eigenvalue weighted by atomic mass is 35.5. The Morgan fingerprint density at radius 1 is 1.19 bits per heavy atom. The summed E-state index contributed by atoms with van der Waals surface area (Å²) in [5.74, 6) is 1.71. The van der Waals surface area contributed by atoms with Crippen LogP contribution >= 0.6 is 11.6 Å². The second-order valence-electron chi connectivity index (χ2n) is 6.72. The molecule has 0 unspecified atom stereocenters. The zero-order valence-electron chi connectivity index (χ0n) is 16.2. The molecule has 0 heterocycles. The third-order valence-electron chi connectivity index (χ3n) is 4.03. The molecule has 0 aliphatic heterocycles. The van der Waals surface area contributed by atoms with Gasteiger partial charge in [-0.2, -0.15) is 0 Å². The number of hydrogen-bond acceptors (Lipinski definition) is 3. The topological polar surface area (TPSA) is 47.6 Å². The molecule has 1 amide bonds. The largest absolute Gasteiger partial charge is 0.493 e. The quantitative estimate of drug-likeness (QED) is 0.588. The lowest BCUT2D eigenvalue weighted by Gasteiger charge is -2.12. The fraction of sp³-hybridized carbons (Fsp3) is 0.318. The van der Waals surface area contributed by atoms with E-state index in [1.54, 1.807) is 25.3 Å². The Balaban J connectivity index is 2.03. The van der Waals surface area contributed by atoms with Crippen molar-refractivity contribution in [2.45, 2.75) is 27.2 Å². The minimum Gasteiger partial charge on any atom is -0.493 e. The third-order valence-corrected chi connectivity index (χ3v) is 4.26. The molecule has 0 saturated heterocycles. The Kier molecular flexibility index (Phi) is 7.74. The van der Waals surface area contributed by atoms with Crippen LogP contribution in [0.15, 0.2) is 42.5 Å². The zero-order valence-corrected chi connectivity index (χ0v) is 17.0. The fourth-order valence-corrected chi connectivity index (χ4v) is 2.56. The van der Waals surface area contributed by atoms with Crippen molar-refractivity contribution in [3.05, 3.63) is 58.6 Å². The molecule has 27 heavy (non-hydrogen) atoms. The van der Waals surface area contributed by atoms with Crippen LogP contribution in [0, 0.1) is 12.8 Å². The Bertz CT molecular complexity index is 815. The summed E-state index contributed by atoms with van der Waals surface area (Å²) in [6, 6.07) is 11.0. The standard InChI is InChI=1S/C22H26ClNO3/c1-15(2)11-12-27-20-9-6-17(13-21(20)26-4)7-10-22(25)24-19-14-18(23)8-5-16(19)3/h5-10,13-15H,11-12H2,1-4H3,(H,24,25). The Labute approximate surface area is 166 Å². The molecule has 2 rings (SSSR count). The molecule has 0 bridgehead atoms. The zero-order chi connectivity index (χ0) is 19.8. The van der Waals surface area contributed by atoms with Gasteiger partial charge in [0.25, 0.3) is 0 Å². The average Bonchev–Trinajstić information content (AvgIpc) is 2.63. The van der Waals surface area contributed by atoms with Crippen LogP contribution in [0.1, 0.15) is 31.4 Å². The van der Waals surface area contributed by atoms with Crippen molar-refractivity contribution in [3.8, 4) is 11.5 Å². The molecule has 0 aliphatic rings. The summed E-state index contributed by atoms with van der Waals surface area (Å²) in [5.41, 5.74) is 2.50. The van der Waals surface area contributed by atoms with Crippen LogP contribution in [0.5, 0.6) is 11.5 Å². The summed E-state index contributed by atoms with van der Waals surface area (Å²) in [5, 5.41) is 3.41. The molecule has 0 radical (unpaired) electrons. The Morgan fingerprint density at radius 3 is 2.67 bits per heavy atom. The first-order chi connectivity index (χ1) is 12.9. The maximum Gasteiger partial charge on any atom is 0.248 e. The fourth-order valence-electron chi connectivity index (χ4n) is 2.39. The van der Waals surface area contributed by atoms with E-state index in [2.05, 4.69) is 19.2 Å². The van der Waals surface area contributed by atoms with Crippen LogP contribution in [0.4, 0.5) is 5.69 Å². The van der Waals surface area contributed by atoms with Gasteiger partial charge in [0.05, 0.1) is 13.7 Å².